The third-order valence-electron chi connectivity index (χ3n) is 6.05. The van der Waals surface area contributed by atoms with Crippen molar-refractivity contribution in [2.75, 3.05) is 24.3 Å². The van der Waals surface area contributed by atoms with Gasteiger partial charge < -0.3 is 20.9 Å². The van der Waals surface area contributed by atoms with E-state index in [9.17, 15) is 0 Å². The Balaban J connectivity index is 1.30. The quantitative estimate of drug-likeness (QED) is 0.475. The van der Waals surface area contributed by atoms with Crippen LogP contribution in [0.2, 0.25) is 0 Å². The van der Waals surface area contributed by atoms with Crippen LogP contribution in [0.15, 0.2) is 54.6 Å². The molecule has 2 aromatic carbocycles. The maximum atomic E-state index is 5.57. The molecule has 1 fully saturated rings. The molecule has 3 aromatic rings. The van der Waals surface area contributed by atoms with Gasteiger partial charge in [0.15, 0.2) is 5.11 Å². The van der Waals surface area contributed by atoms with Gasteiger partial charge in [0.2, 0.25) is 5.95 Å². The summed E-state index contributed by atoms with van der Waals surface area (Å²) in [7, 11) is 4.04. The van der Waals surface area contributed by atoms with Crippen LogP contribution in [0.5, 0.6) is 0 Å². The fourth-order valence-corrected chi connectivity index (χ4v) is 4.62. The molecule has 0 saturated heterocycles. The summed E-state index contributed by atoms with van der Waals surface area (Å²) < 4.78 is 0. The minimum atomic E-state index is 0.185. The highest BCUT2D eigenvalue weighted by atomic mass is 32.1. The normalized spacial score (nSPS) is 19.2. The second-order valence-electron chi connectivity index (χ2n) is 8.73. The van der Waals surface area contributed by atoms with Crippen LogP contribution in [-0.2, 0) is 0 Å². The first kappa shape index (κ1) is 22.3. The van der Waals surface area contributed by atoms with E-state index in [0.717, 1.165) is 47.5 Å². The average molecular weight is 449 g/mol. The van der Waals surface area contributed by atoms with E-state index in [1.54, 1.807) is 0 Å². The van der Waals surface area contributed by atoms with Crippen LogP contribution in [-0.4, -0.2) is 41.3 Å². The maximum absolute atomic E-state index is 5.57. The van der Waals surface area contributed by atoms with E-state index < -0.39 is 0 Å². The number of para-hydroxylation sites is 1. The molecule has 1 atom stereocenters. The number of aromatic nitrogens is 2. The molecular formula is C25H32N6S. The lowest BCUT2D eigenvalue weighted by Gasteiger charge is -2.31. The van der Waals surface area contributed by atoms with Gasteiger partial charge in [-0.05, 0) is 62.5 Å². The summed E-state index contributed by atoms with van der Waals surface area (Å²) in [5.74, 6) is 1.65. The van der Waals surface area contributed by atoms with Gasteiger partial charge in [-0.25, -0.2) is 4.98 Å². The van der Waals surface area contributed by atoms with Gasteiger partial charge in [0.25, 0.3) is 0 Å². The van der Waals surface area contributed by atoms with Crippen molar-refractivity contribution in [2.45, 2.75) is 50.7 Å². The number of benzene rings is 2. The lowest BCUT2D eigenvalue weighted by atomic mass is 9.91. The van der Waals surface area contributed by atoms with E-state index in [1.165, 1.54) is 5.56 Å². The summed E-state index contributed by atoms with van der Waals surface area (Å²) in [5, 5.41) is 12.3. The first-order chi connectivity index (χ1) is 15.5. The summed E-state index contributed by atoms with van der Waals surface area (Å²) in [6.07, 6.45) is 4.24. The predicted molar refractivity (Wildman–Crippen MR) is 137 cm³/mol. The fourth-order valence-electron chi connectivity index (χ4n) is 4.28. The van der Waals surface area contributed by atoms with Crippen molar-refractivity contribution in [2.24, 2.45) is 0 Å². The molecular weight excluding hydrogens is 416 g/mol. The average Bonchev–Trinajstić information content (AvgIpc) is 2.80. The van der Waals surface area contributed by atoms with Gasteiger partial charge in [-0.1, -0.05) is 42.5 Å². The molecule has 1 aliphatic rings. The number of nitrogens with zero attached hydrogens (tertiary/aromatic N) is 3. The molecule has 0 unspecified atom stereocenters. The van der Waals surface area contributed by atoms with Crippen molar-refractivity contribution in [1.82, 2.24) is 20.6 Å². The first-order valence-electron chi connectivity index (χ1n) is 11.3. The minimum absolute atomic E-state index is 0.185. The van der Waals surface area contributed by atoms with Crippen molar-refractivity contribution in [3.05, 3.63) is 60.2 Å². The number of thiocarbonyl (C=S) groups is 1. The third kappa shape index (κ3) is 5.46. The molecule has 3 N–H and O–H groups in total. The molecule has 0 amide bonds. The molecule has 0 bridgehead atoms. The Hall–Kier alpha value is -2.93. The second-order valence-corrected chi connectivity index (χ2v) is 9.13. The van der Waals surface area contributed by atoms with E-state index in [2.05, 4.69) is 53.2 Å². The molecule has 1 saturated carbocycles. The van der Waals surface area contributed by atoms with Crippen LogP contribution >= 0.6 is 12.2 Å². The van der Waals surface area contributed by atoms with Crippen LogP contribution in [0, 0.1) is 0 Å². The van der Waals surface area contributed by atoms with E-state index >= 15 is 0 Å². The van der Waals surface area contributed by atoms with Gasteiger partial charge >= 0.3 is 0 Å². The molecule has 1 aliphatic carbocycles. The summed E-state index contributed by atoms with van der Waals surface area (Å²) in [6.45, 7) is 2.13. The number of hydrogen-bond acceptors (Lipinski definition) is 5. The first-order valence-corrected chi connectivity index (χ1v) is 11.7. The van der Waals surface area contributed by atoms with Crippen LogP contribution < -0.4 is 20.9 Å². The lowest BCUT2D eigenvalue weighted by Crippen LogP contribution is -2.45. The highest BCUT2D eigenvalue weighted by Gasteiger charge is 2.23. The number of hydrogen-bond donors (Lipinski definition) is 3. The lowest BCUT2D eigenvalue weighted by molar-refractivity contribution is 0.384. The largest absolute Gasteiger partial charge is 0.362 e. The molecule has 168 valence electrons. The Bertz CT molecular complexity index is 1050. The Labute approximate surface area is 195 Å². The second kappa shape index (κ2) is 10.1. The molecule has 4 rings (SSSR count). The SMILES string of the molecule is C[C@@H](NC(=S)N[C@H]1CC[C@@H](Nc2nc(N(C)C)c3ccccc3n2)CC1)c1ccccc1. The zero-order valence-electron chi connectivity index (χ0n) is 19.0. The molecule has 1 aromatic heterocycles. The monoisotopic (exact) mass is 448 g/mol. The van der Waals surface area contributed by atoms with Gasteiger partial charge in [0.05, 0.1) is 11.6 Å². The molecule has 32 heavy (non-hydrogen) atoms. The Morgan fingerprint density at radius 3 is 2.31 bits per heavy atom. The van der Waals surface area contributed by atoms with Crippen LogP contribution in [0.25, 0.3) is 10.9 Å². The molecule has 0 radical (unpaired) electrons. The number of rotatable bonds is 6. The maximum Gasteiger partial charge on any atom is 0.225 e. The zero-order chi connectivity index (χ0) is 22.5. The van der Waals surface area contributed by atoms with Crippen molar-refractivity contribution in [3.8, 4) is 0 Å². The van der Waals surface area contributed by atoms with Gasteiger partial charge in [0, 0.05) is 31.6 Å². The minimum Gasteiger partial charge on any atom is -0.362 e. The summed E-state index contributed by atoms with van der Waals surface area (Å²) in [5.41, 5.74) is 2.20. The van der Waals surface area contributed by atoms with E-state index in [0.29, 0.717) is 18.0 Å². The van der Waals surface area contributed by atoms with E-state index in [4.69, 9.17) is 22.2 Å². The molecule has 0 spiro atoms. The van der Waals surface area contributed by atoms with Crippen molar-refractivity contribution < 1.29 is 0 Å². The summed E-state index contributed by atoms with van der Waals surface area (Å²) in [4.78, 5) is 11.6. The predicted octanol–water partition coefficient (Wildman–Crippen LogP) is 4.64. The fraction of sp³-hybridized carbons (Fsp3) is 0.400. The van der Waals surface area contributed by atoms with Gasteiger partial charge in [-0.15, -0.1) is 0 Å². The van der Waals surface area contributed by atoms with Crippen molar-refractivity contribution in [1.29, 1.82) is 0 Å². The van der Waals surface area contributed by atoms with Crippen LogP contribution in [0.3, 0.4) is 0 Å². The standard InChI is InChI=1S/C25H32N6S/c1-17(18-9-5-4-6-10-18)26-25(32)28-20-15-13-19(14-16-20)27-24-29-22-12-8-7-11-21(22)23(30-24)31(2)3/h4-12,17,19-20H,13-16H2,1-3H3,(H2,26,28,32)(H,27,29,30)/t17-,19-,20+/m1/s1. The smallest absolute Gasteiger partial charge is 0.225 e. The van der Waals surface area contributed by atoms with Gasteiger partial charge in [-0.2, -0.15) is 4.98 Å². The molecule has 1 heterocycles. The highest BCUT2D eigenvalue weighted by molar-refractivity contribution is 7.80. The Kier molecular flexibility index (Phi) is 7.05. The summed E-state index contributed by atoms with van der Waals surface area (Å²) in [6, 6.07) is 19.5. The van der Waals surface area contributed by atoms with Crippen LogP contribution in [0.1, 0.15) is 44.2 Å². The molecule has 6 nitrogen and oxygen atoms in total. The highest BCUT2D eigenvalue weighted by Crippen LogP contribution is 2.26. The van der Waals surface area contributed by atoms with E-state index in [-0.39, 0.29) is 6.04 Å². The van der Waals surface area contributed by atoms with Gasteiger partial charge in [-0.3, -0.25) is 0 Å². The number of anilines is 2. The van der Waals surface area contributed by atoms with Crippen molar-refractivity contribution >= 4 is 40.0 Å². The van der Waals surface area contributed by atoms with Crippen molar-refractivity contribution in [3.63, 3.8) is 0 Å². The Morgan fingerprint density at radius 1 is 0.938 bits per heavy atom. The van der Waals surface area contributed by atoms with Crippen LogP contribution in [0.4, 0.5) is 11.8 Å². The number of fused-ring (bicyclic) bond motifs is 1. The Morgan fingerprint density at radius 2 is 1.59 bits per heavy atom. The third-order valence-corrected chi connectivity index (χ3v) is 6.29. The zero-order valence-corrected chi connectivity index (χ0v) is 19.8. The number of nitrogens with one attached hydrogen (secondary N) is 3. The van der Waals surface area contributed by atoms with E-state index in [1.807, 2.05) is 43.3 Å². The summed E-state index contributed by atoms with van der Waals surface area (Å²) >= 11 is 5.57. The van der Waals surface area contributed by atoms with Gasteiger partial charge in [0.1, 0.15) is 5.82 Å². The topological polar surface area (TPSA) is 65.1 Å². The molecule has 7 heteroatoms. The molecule has 0 aliphatic heterocycles.